The molecule has 1 heterocycles. The van der Waals surface area contributed by atoms with Gasteiger partial charge in [0.1, 0.15) is 0 Å². The number of ether oxygens (including phenoxy) is 1. The smallest absolute Gasteiger partial charge is 0.306 e. The van der Waals surface area contributed by atoms with Gasteiger partial charge in [0.2, 0.25) is 0 Å². The van der Waals surface area contributed by atoms with Gasteiger partial charge in [-0.1, -0.05) is 30.3 Å². The number of thiophene rings is 1. The fraction of sp³-hybridized carbons (Fsp3) is 0.316. The molecule has 0 saturated heterocycles. The first kappa shape index (κ1) is 18.9. The van der Waals surface area contributed by atoms with E-state index in [2.05, 4.69) is 5.32 Å². The van der Waals surface area contributed by atoms with Crippen LogP contribution in [0.2, 0.25) is 0 Å². The lowest BCUT2D eigenvalue weighted by molar-refractivity contribution is -0.148. The van der Waals surface area contributed by atoms with Crippen LogP contribution in [-0.4, -0.2) is 30.8 Å². The maximum atomic E-state index is 11.8. The zero-order chi connectivity index (χ0) is 18.1. The molecule has 0 aliphatic rings. The average molecular weight is 359 g/mol. The van der Waals surface area contributed by atoms with E-state index in [-0.39, 0.29) is 31.1 Å². The van der Waals surface area contributed by atoms with E-state index < -0.39 is 5.97 Å². The minimum absolute atomic E-state index is 0.0206. The number of nitrogens with one attached hydrogen (secondary N) is 1. The number of aryl methyl sites for hydroxylation is 1. The maximum Gasteiger partial charge on any atom is 0.306 e. The number of ketones is 1. The highest BCUT2D eigenvalue weighted by Crippen LogP contribution is 2.12. The van der Waals surface area contributed by atoms with Gasteiger partial charge in [0.15, 0.2) is 12.4 Å². The van der Waals surface area contributed by atoms with Crippen molar-refractivity contribution in [3.05, 3.63) is 57.8 Å². The van der Waals surface area contributed by atoms with Crippen LogP contribution in [0.1, 0.15) is 33.6 Å². The van der Waals surface area contributed by atoms with E-state index >= 15 is 0 Å². The van der Waals surface area contributed by atoms with E-state index in [0.29, 0.717) is 11.4 Å². The highest BCUT2D eigenvalue weighted by atomic mass is 32.1. The van der Waals surface area contributed by atoms with Crippen LogP contribution in [0.5, 0.6) is 0 Å². The quantitative estimate of drug-likeness (QED) is 0.552. The van der Waals surface area contributed by atoms with Crippen molar-refractivity contribution in [3.8, 4) is 0 Å². The normalized spacial score (nSPS) is 10.3. The van der Waals surface area contributed by atoms with Crippen LogP contribution in [0.15, 0.2) is 41.8 Å². The monoisotopic (exact) mass is 359 g/mol. The lowest BCUT2D eigenvalue weighted by Crippen LogP contribution is -2.30. The van der Waals surface area contributed by atoms with E-state index in [0.717, 1.165) is 6.42 Å². The molecule has 0 bridgehead atoms. The highest BCUT2D eigenvalue weighted by Gasteiger charge is 2.12. The number of amides is 1. The number of hydrogen-bond acceptors (Lipinski definition) is 5. The summed E-state index contributed by atoms with van der Waals surface area (Å²) >= 11 is 1.34. The van der Waals surface area contributed by atoms with Crippen LogP contribution < -0.4 is 5.32 Å². The molecule has 0 aliphatic heterocycles. The Morgan fingerprint density at radius 1 is 1.08 bits per heavy atom. The van der Waals surface area contributed by atoms with Crippen molar-refractivity contribution in [1.82, 2.24) is 5.32 Å². The Hall–Kier alpha value is -2.47. The minimum Gasteiger partial charge on any atom is -0.456 e. The van der Waals surface area contributed by atoms with E-state index in [1.54, 1.807) is 12.1 Å². The van der Waals surface area contributed by atoms with Crippen molar-refractivity contribution in [2.45, 2.75) is 26.2 Å². The molecule has 2 aromatic rings. The molecule has 0 unspecified atom stereocenters. The predicted molar refractivity (Wildman–Crippen MR) is 96.7 cm³/mol. The molecule has 2 rings (SSSR count). The van der Waals surface area contributed by atoms with E-state index in [1.807, 2.05) is 36.6 Å². The van der Waals surface area contributed by atoms with Crippen LogP contribution in [-0.2, 0) is 20.7 Å². The SMILES string of the molecule is Cc1ccccc1CCNC(=O)COC(=O)CCC(=O)c1cccs1. The molecule has 25 heavy (non-hydrogen) atoms. The molecule has 0 aliphatic carbocycles. The molecule has 1 aromatic heterocycles. The Morgan fingerprint density at radius 2 is 1.88 bits per heavy atom. The molecule has 0 spiro atoms. The summed E-state index contributed by atoms with van der Waals surface area (Å²) in [5.74, 6) is -0.972. The van der Waals surface area contributed by atoms with Crippen LogP contribution in [0, 0.1) is 6.92 Å². The van der Waals surface area contributed by atoms with Crippen LogP contribution in [0.3, 0.4) is 0 Å². The Labute approximate surface area is 151 Å². The standard InChI is InChI=1S/C19H21NO4S/c1-14-5-2-3-6-15(14)10-11-20-18(22)13-24-19(23)9-8-16(21)17-7-4-12-25-17/h2-7,12H,8-11,13H2,1H3,(H,20,22). The summed E-state index contributed by atoms with van der Waals surface area (Å²) < 4.78 is 4.90. The topological polar surface area (TPSA) is 72.5 Å². The van der Waals surface area contributed by atoms with E-state index in [1.165, 1.54) is 22.5 Å². The third kappa shape index (κ3) is 6.51. The number of benzene rings is 1. The minimum atomic E-state index is -0.543. The maximum absolute atomic E-state index is 11.8. The zero-order valence-electron chi connectivity index (χ0n) is 14.1. The Balaban J connectivity index is 1.60. The lowest BCUT2D eigenvalue weighted by atomic mass is 10.1. The molecule has 5 nitrogen and oxygen atoms in total. The Bertz CT molecular complexity index is 725. The summed E-state index contributed by atoms with van der Waals surface area (Å²) in [4.78, 5) is 35.7. The molecule has 1 aromatic carbocycles. The molecular weight excluding hydrogens is 338 g/mol. The fourth-order valence-electron chi connectivity index (χ4n) is 2.27. The molecule has 1 amide bonds. The molecular formula is C19H21NO4S. The van der Waals surface area contributed by atoms with E-state index in [4.69, 9.17) is 4.74 Å². The fourth-order valence-corrected chi connectivity index (χ4v) is 2.97. The van der Waals surface area contributed by atoms with Crippen molar-refractivity contribution in [2.24, 2.45) is 0 Å². The molecule has 6 heteroatoms. The van der Waals surface area contributed by atoms with E-state index in [9.17, 15) is 14.4 Å². The number of carbonyl (C=O) groups excluding carboxylic acids is 3. The number of hydrogen-bond donors (Lipinski definition) is 1. The second-order valence-electron chi connectivity index (χ2n) is 5.59. The van der Waals surface area contributed by atoms with Crippen molar-refractivity contribution >= 4 is 29.0 Å². The first-order chi connectivity index (χ1) is 12.1. The van der Waals surface area contributed by atoms with Gasteiger partial charge in [-0.05, 0) is 35.9 Å². The summed E-state index contributed by atoms with van der Waals surface area (Å²) in [6, 6.07) is 11.5. The van der Waals surface area contributed by atoms with Crippen molar-refractivity contribution < 1.29 is 19.1 Å². The molecule has 0 atom stereocenters. The highest BCUT2D eigenvalue weighted by molar-refractivity contribution is 7.12. The predicted octanol–water partition coefficient (Wildman–Crippen LogP) is 2.92. The van der Waals surface area contributed by atoms with Gasteiger partial charge in [-0.25, -0.2) is 0 Å². The summed E-state index contributed by atoms with van der Waals surface area (Å²) in [5.41, 5.74) is 2.35. The van der Waals surface area contributed by atoms with Crippen molar-refractivity contribution in [1.29, 1.82) is 0 Å². The lowest BCUT2D eigenvalue weighted by Gasteiger charge is -2.08. The molecule has 132 valence electrons. The van der Waals surface area contributed by atoms with Gasteiger partial charge in [-0.2, -0.15) is 0 Å². The Morgan fingerprint density at radius 3 is 2.60 bits per heavy atom. The molecule has 1 N–H and O–H groups in total. The van der Waals surface area contributed by atoms with Gasteiger partial charge in [-0.15, -0.1) is 11.3 Å². The summed E-state index contributed by atoms with van der Waals surface area (Å²) in [6.45, 7) is 2.19. The van der Waals surface area contributed by atoms with Crippen LogP contribution >= 0.6 is 11.3 Å². The number of rotatable bonds is 9. The largest absolute Gasteiger partial charge is 0.456 e. The van der Waals surface area contributed by atoms with Gasteiger partial charge >= 0.3 is 5.97 Å². The second-order valence-corrected chi connectivity index (χ2v) is 6.54. The van der Waals surface area contributed by atoms with Crippen LogP contribution in [0.25, 0.3) is 0 Å². The van der Waals surface area contributed by atoms with Gasteiger partial charge in [0, 0.05) is 13.0 Å². The van der Waals surface area contributed by atoms with Gasteiger partial charge in [0.05, 0.1) is 11.3 Å². The third-order valence-electron chi connectivity index (χ3n) is 3.69. The number of Topliss-reactive ketones (excluding diaryl/α,β-unsaturated/α-hetero) is 1. The van der Waals surface area contributed by atoms with Gasteiger partial charge in [0.25, 0.3) is 5.91 Å². The molecule has 0 saturated carbocycles. The van der Waals surface area contributed by atoms with Crippen molar-refractivity contribution in [2.75, 3.05) is 13.2 Å². The molecule has 0 radical (unpaired) electrons. The summed E-state index contributed by atoms with van der Waals surface area (Å²) in [5, 5.41) is 4.53. The number of carbonyl (C=O) groups is 3. The average Bonchev–Trinajstić information content (AvgIpc) is 3.14. The van der Waals surface area contributed by atoms with Crippen LogP contribution in [0.4, 0.5) is 0 Å². The third-order valence-corrected chi connectivity index (χ3v) is 4.61. The molecule has 0 fully saturated rings. The van der Waals surface area contributed by atoms with Crippen molar-refractivity contribution in [3.63, 3.8) is 0 Å². The Kier molecular flexibility index (Phi) is 7.35. The summed E-state index contributed by atoms with van der Waals surface area (Å²) in [6.07, 6.45) is 0.795. The first-order valence-corrected chi connectivity index (χ1v) is 8.98. The van der Waals surface area contributed by atoms with Gasteiger partial charge in [-0.3, -0.25) is 14.4 Å². The first-order valence-electron chi connectivity index (χ1n) is 8.10. The summed E-state index contributed by atoms with van der Waals surface area (Å²) in [7, 11) is 0. The second kappa shape index (κ2) is 9.74. The van der Waals surface area contributed by atoms with Gasteiger partial charge < -0.3 is 10.1 Å². The zero-order valence-corrected chi connectivity index (χ0v) is 14.9. The number of esters is 1.